The van der Waals surface area contributed by atoms with E-state index in [2.05, 4.69) is 31.1 Å². The SMILES string of the molecule is CC(=O)C1([C@@](C)(O)[C@H](O)C#C[Si](C)(C)C)CC1. The summed E-state index contributed by atoms with van der Waals surface area (Å²) in [5.74, 6) is 2.67. The topological polar surface area (TPSA) is 57.5 Å². The molecule has 17 heavy (non-hydrogen) atoms. The summed E-state index contributed by atoms with van der Waals surface area (Å²) in [6.07, 6.45) is 0.128. The number of hydrogen-bond acceptors (Lipinski definition) is 3. The molecule has 2 N–H and O–H groups in total. The molecule has 1 aliphatic carbocycles. The maximum absolute atomic E-state index is 11.6. The zero-order valence-electron chi connectivity index (χ0n) is 11.3. The Morgan fingerprint density at radius 3 is 2.18 bits per heavy atom. The van der Waals surface area contributed by atoms with Crippen molar-refractivity contribution >= 4 is 13.9 Å². The third kappa shape index (κ3) is 2.79. The van der Waals surface area contributed by atoms with E-state index in [-0.39, 0.29) is 5.78 Å². The van der Waals surface area contributed by atoms with Crippen LogP contribution in [0.5, 0.6) is 0 Å². The monoisotopic (exact) mass is 254 g/mol. The summed E-state index contributed by atoms with van der Waals surface area (Å²) in [7, 11) is -1.58. The van der Waals surface area contributed by atoms with Crippen LogP contribution in [0.25, 0.3) is 0 Å². The first kappa shape index (κ1) is 14.4. The second-order valence-corrected chi connectivity index (χ2v) is 11.0. The molecule has 1 aliphatic rings. The molecule has 0 bridgehead atoms. The van der Waals surface area contributed by atoms with E-state index >= 15 is 0 Å². The van der Waals surface area contributed by atoms with Crippen LogP contribution in [0.3, 0.4) is 0 Å². The number of aliphatic hydroxyl groups excluding tert-OH is 1. The van der Waals surface area contributed by atoms with Gasteiger partial charge < -0.3 is 10.2 Å². The lowest BCUT2D eigenvalue weighted by molar-refractivity contribution is -0.141. The number of hydrogen-bond donors (Lipinski definition) is 2. The number of Topliss-reactive ketones (excluding diaryl/α,β-unsaturated/α-hetero) is 1. The fraction of sp³-hybridized carbons (Fsp3) is 0.769. The van der Waals surface area contributed by atoms with Gasteiger partial charge in [0.05, 0.1) is 5.41 Å². The highest BCUT2D eigenvalue weighted by Gasteiger charge is 2.62. The molecule has 1 saturated carbocycles. The van der Waals surface area contributed by atoms with Crippen molar-refractivity contribution in [3.05, 3.63) is 0 Å². The molecule has 1 rings (SSSR count). The van der Waals surface area contributed by atoms with Gasteiger partial charge in [0, 0.05) is 0 Å². The lowest BCUT2D eigenvalue weighted by Gasteiger charge is -2.33. The molecule has 0 aliphatic heterocycles. The van der Waals surface area contributed by atoms with Gasteiger partial charge in [-0.1, -0.05) is 25.6 Å². The fourth-order valence-corrected chi connectivity index (χ4v) is 2.60. The molecule has 0 aromatic carbocycles. The van der Waals surface area contributed by atoms with Crippen LogP contribution in [0.4, 0.5) is 0 Å². The molecule has 2 atom stereocenters. The number of ketones is 1. The van der Waals surface area contributed by atoms with Crippen LogP contribution >= 0.6 is 0 Å². The van der Waals surface area contributed by atoms with Crippen molar-refractivity contribution in [3.8, 4) is 11.5 Å². The van der Waals surface area contributed by atoms with Crippen molar-refractivity contribution in [3.63, 3.8) is 0 Å². The summed E-state index contributed by atoms with van der Waals surface area (Å²) < 4.78 is 0. The predicted octanol–water partition coefficient (Wildman–Crippen LogP) is 1.35. The minimum atomic E-state index is -1.58. The highest BCUT2D eigenvalue weighted by atomic mass is 28.3. The largest absolute Gasteiger partial charge is 0.385 e. The Labute approximate surface area is 104 Å². The third-order valence-corrected chi connectivity index (χ3v) is 4.40. The van der Waals surface area contributed by atoms with Crippen LogP contribution < -0.4 is 0 Å². The minimum absolute atomic E-state index is 0.0589. The van der Waals surface area contributed by atoms with Crippen LogP contribution in [0.15, 0.2) is 0 Å². The summed E-state index contributed by atoms with van der Waals surface area (Å²) in [5, 5.41) is 20.4. The highest BCUT2D eigenvalue weighted by Crippen LogP contribution is 2.55. The van der Waals surface area contributed by atoms with E-state index in [9.17, 15) is 15.0 Å². The van der Waals surface area contributed by atoms with E-state index in [1.165, 1.54) is 13.8 Å². The zero-order chi connectivity index (χ0) is 13.5. The average Bonchev–Trinajstić information content (AvgIpc) is 2.93. The average molecular weight is 254 g/mol. The first-order chi connectivity index (χ1) is 7.53. The van der Waals surface area contributed by atoms with Gasteiger partial charge in [-0.05, 0) is 26.7 Å². The fourth-order valence-electron chi connectivity index (χ4n) is 2.03. The van der Waals surface area contributed by atoms with E-state index in [0.717, 1.165) is 0 Å². The zero-order valence-corrected chi connectivity index (χ0v) is 12.3. The van der Waals surface area contributed by atoms with Crippen LogP contribution in [0, 0.1) is 16.9 Å². The van der Waals surface area contributed by atoms with E-state index < -0.39 is 25.2 Å². The first-order valence-corrected chi connectivity index (χ1v) is 9.47. The van der Waals surface area contributed by atoms with Crippen molar-refractivity contribution < 1.29 is 15.0 Å². The Morgan fingerprint density at radius 2 is 1.88 bits per heavy atom. The van der Waals surface area contributed by atoms with Gasteiger partial charge in [0.1, 0.15) is 25.6 Å². The molecular formula is C13H22O3Si. The standard InChI is InChI=1S/C13H22O3Si/c1-10(14)13(7-8-13)12(2,16)11(15)6-9-17(3,4)5/h11,15-16H,7-8H2,1-5H3/t11-,12+/m1/s1. The number of aliphatic hydroxyl groups is 2. The third-order valence-electron chi connectivity index (χ3n) is 3.51. The quantitative estimate of drug-likeness (QED) is 0.590. The van der Waals surface area contributed by atoms with Crippen molar-refractivity contribution in [2.24, 2.45) is 5.41 Å². The summed E-state index contributed by atoms with van der Waals surface area (Å²) in [4.78, 5) is 11.6. The van der Waals surface area contributed by atoms with Crippen molar-refractivity contribution in [2.75, 3.05) is 0 Å². The van der Waals surface area contributed by atoms with Gasteiger partial charge in [-0.2, -0.15) is 0 Å². The number of carbonyl (C=O) groups is 1. The highest BCUT2D eigenvalue weighted by molar-refractivity contribution is 6.83. The Hall–Kier alpha value is -0.633. The van der Waals surface area contributed by atoms with Crippen molar-refractivity contribution in [1.82, 2.24) is 0 Å². The van der Waals surface area contributed by atoms with Gasteiger partial charge in [-0.25, -0.2) is 0 Å². The Balaban J connectivity index is 2.91. The molecule has 0 radical (unpaired) electrons. The van der Waals surface area contributed by atoms with Gasteiger partial charge >= 0.3 is 0 Å². The second-order valence-electron chi connectivity index (χ2n) is 6.21. The molecule has 0 heterocycles. The van der Waals surface area contributed by atoms with Gasteiger partial charge in [-0.15, -0.1) is 5.54 Å². The van der Waals surface area contributed by atoms with Crippen LogP contribution in [-0.2, 0) is 4.79 Å². The van der Waals surface area contributed by atoms with Crippen molar-refractivity contribution in [1.29, 1.82) is 0 Å². The van der Waals surface area contributed by atoms with E-state index in [1.807, 2.05) is 0 Å². The van der Waals surface area contributed by atoms with Crippen LogP contribution in [0.2, 0.25) is 19.6 Å². The molecule has 0 saturated heterocycles. The first-order valence-electron chi connectivity index (χ1n) is 5.97. The van der Waals surface area contributed by atoms with E-state index in [1.54, 1.807) is 0 Å². The molecular weight excluding hydrogens is 232 g/mol. The van der Waals surface area contributed by atoms with Gasteiger partial charge in [0.2, 0.25) is 0 Å². The molecule has 96 valence electrons. The molecule has 0 unspecified atom stereocenters. The van der Waals surface area contributed by atoms with Crippen LogP contribution in [-0.4, -0.2) is 35.8 Å². The Kier molecular flexibility index (Phi) is 3.59. The van der Waals surface area contributed by atoms with Crippen LogP contribution in [0.1, 0.15) is 26.7 Å². The minimum Gasteiger partial charge on any atom is -0.385 e. The summed E-state index contributed by atoms with van der Waals surface area (Å²) >= 11 is 0. The Bertz CT molecular complexity index is 378. The van der Waals surface area contributed by atoms with Gasteiger partial charge in [0.15, 0.2) is 0 Å². The molecule has 0 spiro atoms. The Morgan fingerprint density at radius 1 is 1.41 bits per heavy atom. The number of rotatable bonds is 3. The molecule has 0 aromatic rings. The summed E-state index contributed by atoms with van der Waals surface area (Å²) in [6.45, 7) is 9.20. The maximum Gasteiger partial charge on any atom is 0.143 e. The van der Waals surface area contributed by atoms with Gasteiger partial charge in [-0.3, -0.25) is 4.79 Å². The smallest absolute Gasteiger partial charge is 0.143 e. The normalized spacial score (nSPS) is 23.0. The van der Waals surface area contributed by atoms with Crippen molar-refractivity contribution in [2.45, 2.75) is 58.0 Å². The lowest BCUT2D eigenvalue weighted by atomic mass is 9.79. The summed E-state index contributed by atoms with van der Waals surface area (Å²) in [6, 6.07) is 0. The molecule has 0 aromatic heterocycles. The van der Waals surface area contributed by atoms with E-state index in [4.69, 9.17) is 0 Å². The van der Waals surface area contributed by atoms with E-state index in [0.29, 0.717) is 12.8 Å². The molecule has 4 heteroatoms. The number of carbonyl (C=O) groups excluding carboxylic acids is 1. The molecule has 3 nitrogen and oxygen atoms in total. The predicted molar refractivity (Wildman–Crippen MR) is 70.1 cm³/mol. The maximum atomic E-state index is 11.6. The molecule has 1 fully saturated rings. The summed E-state index contributed by atoms with van der Waals surface area (Å²) in [5.41, 5.74) is 0.818. The lowest BCUT2D eigenvalue weighted by Crippen LogP contribution is -2.50. The molecule has 0 amide bonds. The van der Waals surface area contributed by atoms with Gasteiger partial charge in [0.25, 0.3) is 0 Å². The second kappa shape index (κ2) is 4.24.